The Bertz CT molecular complexity index is 1400. The molecule has 0 aliphatic carbocycles. The van der Waals surface area contributed by atoms with E-state index in [1.165, 1.54) is 0 Å². The van der Waals surface area contributed by atoms with Crippen LogP contribution < -0.4 is 15.5 Å². The van der Waals surface area contributed by atoms with Gasteiger partial charge in [-0.05, 0) is 65.4 Å². The molecule has 2 N–H and O–H groups in total. The Labute approximate surface area is 199 Å². The minimum atomic E-state index is -0.311. The first-order valence-corrected chi connectivity index (χ1v) is 12.1. The van der Waals surface area contributed by atoms with E-state index in [4.69, 9.17) is 9.97 Å². The van der Waals surface area contributed by atoms with E-state index >= 15 is 0 Å². The lowest BCUT2D eigenvalue weighted by atomic mass is 10.2. The molecule has 0 saturated heterocycles. The molecule has 6 nitrogen and oxygen atoms in total. The molecule has 5 aromatic rings. The third-order valence-corrected chi connectivity index (χ3v) is 6.83. The summed E-state index contributed by atoms with van der Waals surface area (Å²) in [7, 11) is 3.95. The van der Waals surface area contributed by atoms with Gasteiger partial charge in [-0.3, -0.25) is 0 Å². The number of aromatic nitrogens is 2. The Hall–Kier alpha value is -3.75. The lowest BCUT2D eigenvalue weighted by Crippen LogP contribution is -2.19. The summed E-state index contributed by atoms with van der Waals surface area (Å²) in [5.41, 5.74) is 5.68. The largest absolute Gasteiger partial charge is 0.378 e. The molecule has 0 aliphatic heterocycles. The lowest BCUT2D eigenvalue weighted by molar-refractivity contribution is 0.262. The van der Waals surface area contributed by atoms with Gasteiger partial charge < -0.3 is 15.5 Å². The molecule has 33 heavy (non-hydrogen) atoms. The van der Waals surface area contributed by atoms with Crippen LogP contribution in [0.1, 0.15) is 0 Å². The number of carbonyl (C=O) groups is 1. The maximum atomic E-state index is 12.5. The summed E-state index contributed by atoms with van der Waals surface area (Å²) in [5, 5.41) is 9.83. The smallest absolute Gasteiger partial charge is 0.323 e. The molecule has 0 saturated carbocycles. The Kier molecular flexibility index (Phi) is 5.77. The minimum Gasteiger partial charge on any atom is -0.378 e. The van der Waals surface area contributed by atoms with Gasteiger partial charge in [-0.1, -0.05) is 12.1 Å². The third-order valence-electron chi connectivity index (χ3n) is 5.07. The average Bonchev–Trinajstić information content (AvgIpc) is 3.53. The van der Waals surface area contributed by atoms with Crippen molar-refractivity contribution in [3.05, 3.63) is 77.5 Å². The first kappa shape index (κ1) is 21.1. The SMILES string of the molecule is CN(C)c1ccc(NC(=O)Nc2ccc3nc(-c4cccs4)c(-c4cccs4)nc3c2)cc1. The maximum Gasteiger partial charge on any atom is 0.323 e. The lowest BCUT2D eigenvalue weighted by Gasteiger charge is -2.13. The number of nitrogens with one attached hydrogen (secondary N) is 2. The Balaban J connectivity index is 1.42. The van der Waals surface area contributed by atoms with Gasteiger partial charge >= 0.3 is 6.03 Å². The van der Waals surface area contributed by atoms with Gasteiger partial charge in [0.1, 0.15) is 11.4 Å². The second kappa shape index (κ2) is 9.01. The van der Waals surface area contributed by atoms with Crippen molar-refractivity contribution in [2.24, 2.45) is 0 Å². The van der Waals surface area contributed by atoms with Gasteiger partial charge in [-0.25, -0.2) is 14.8 Å². The number of hydrogen-bond donors (Lipinski definition) is 2. The van der Waals surface area contributed by atoms with E-state index in [9.17, 15) is 4.79 Å². The van der Waals surface area contributed by atoms with Crippen molar-refractivity contribution in [1.82, 2.24) is 9.97 Å². The number of hydrogen-bond acceptors (Lipinski definition) is 6. The highest BCUT2D eigenvalue weighted by Gasteiger charge is 2.15. The quantitative estimate of drug-likeness (QED) is 0.296. The summed E-state index contributed by atoms with van der Waals surface area (Å²) >= 11 is 3.28. The van der Waals surface area contributed by atoms with Gasteiger partial charge in [-0.15, -0.1) is 22.7 Å². The molecule has 0 aliphatic rings. The van der Waals surface area contributed by atoms with Crippen molar-refractivity contribution in [1.29, 1.82) is 0 Å². The molecule has 0 atom stereocenters. The number of rotatable bonds is 5. The molecule has 3 heterocycles. The zero-order valence-corrected chi connectivity index (χ0v) is 19.7. The Morgan fingerprint density at radius 1 is 0.758 bits per heavy atom. The van der Waals surface area contributed by atoms with E-state index in [0.717, 1.165) is 43.6 Å². The molecule has 0 unspecified atom stereocenters. The molecule has 0 fully saturated rings. The number of fused-ring (bicyclic) bond motifs is 1. The standard InChI is InChI=1S/C25H21N5OS2/c1-30(2)18-10-7-16(8-11-18)26-25(31)27-17-9-12-19-20(15-17)29-24(22-6-4-14-33-22)23(28-19)21-5-3-13-32-21/h3-15H,1-2H3,(H2,26,27,31). The average molecular weight is 472 g/mol. The molecule has 3 aromatic heterocycles. The van der Waals surface area contributed by atoms with Crippen LogP contribution in [0.4, 0.5) is 21.9 Å². The van der Waals surface area contributed by atoms with Crippen LogP contribution in [-0.4, -0.2) is 30.1 Å². The Morgan fingerprint density at radius 3 is 1.91 bits per heavy atom. The number of urea groups is 1. The van der Waals surface area contributed by atoms with Crippen LogP contribution in [0, 0.1) is 0 Å². The highest BCUT2D eigenvalue weighted by Crippen LogP contribution is 2.35. The van der Waals surface area contributed by atoms with Crippen LogP contribution in [0.5, 0.6) is 0 Å². The fraction of sp³-hybridized carbons (Fsp3) is 0.0800. The fourth-order valence-electron chi connectivity index (χ4n) is 3.44. The highest BCUT2D eigenvalue weighted by atomic mass is 32.1. The van der Waals surface area contributed by atoms with Crippen molar-refractivity contribution in [2.45, 2.75) is 0 Å². The predicted octanol–water partition coefficient (Wildman–Crippen LogP) is 6.80. The van der Waals surface area contributed by atoms with Gasteiger partial charge in [0.2, 0.25) is 0 Å². The third kappa shape index (κ3) is 4.57. The number of benzene rings is 2. The van der Waals surface area contributed by atoms with E-state index in [0.29, 0.717) is 5.69 Å². The van der Waals surface area contributed by atoms with Crippen LogP contribution in [0.25, 0.3) is 32.2 Å². The summed E-state index contributed by atoms with van der Waals surface area (Å²) in [5.74, 6) is 0. The summed E-state index contributed by atoms with van der Waals surface area (Å²) < 4.78 is 0. The van der Waals surface area contributed by atoms with Crippen LogP contribution >= 0.6 is 22.7 Å². The van der Waals surface area contributed by atoms with Crippen LogP contribution in [0.15, 0.2) is 77.5 Å². The first-order chi connectivity index (χ1) is 16.1. The minimum absolute atomic E-state index is 0.311. The highest BCUT2D eigenvalue weighted by molar-refractivity contribution is 7.14. The monoisotopic (exact) mass is 471 g/mol. The molecule has 2 amide bonds. The molecule has 2 aromatic carbocycles. The molecule has 5 rings (SSSR count). The second-order valence-electron chi connectivity index (χ2n) is 7.60. The van der Waals surface area contributed by atoms with Gasteiger partial charge in [-0.2, -0.15) is 0 Å². The summed E-state index contributed by atoms with van der Waals surface area (Å²) in [6.45, 7) is 0. The fourth-order valence-corrected chi connectivity index (χ4v) is 4.87. The normalized spacial score (nSPS) is 10.8. The Morgan fingerprint density at radius 2 is 1.33 bits per heavy atom. The number of anilines is 3. The van der Waals surface area contributed by atoms with E-state index in [2.05, 4.69) is 22.8 Å². The van der Waals surface area contributed by atoms with Gasteiger partial charge in [0.15, 0.2) is 0 Å². The first-order valence-electron chi connectivity index (χ1n) is 10.3. The van der Waals surface area contributed by atoms with E-state index in [1.807, 2.05) is 84.4 Å². The summed E-state index contributed by atoms with van der Waals surface area (Å²) in [6.07, 6.45) is 0. The molecule has 0 bridgehead atoms. The zero-order valence-electron chi connectivity index (χ0n) is 18.1. The van der Waals surface area contributed by atoms with E-state index < -0.39 is 0 Å². The van der Waals surface area contributed by atoms with Gasteiger partial charge in [0.25, 0.3) is 0 Å². The topological polar surface area (TPSA) is 70.2 Å². The van der Waals surface area contributed by atoms with Crippen molar-refractivity contribution >= 4 is 56.8 Å². The van der Waals surface area contributed by atoms with Crippen molar-refractivity contribution in [2.75, 3.05) is 29.6 Å². The predicted molar refractivity (Wildman–Crippen MR) is 140 cm³/mol. The van der Waals surface area contributed by atoms with Gasteiger partial charge in [0.05, 0.1) is 20.8 Å². The molecular formula is C25H21N5OS2. The van der Waals surface area contributed by atoms with Crippen LogP contribution in [0.2, 0.25) is 0 Å². The molecule has 164 valence electrons. The van der Waals surface area contributed by atoms with E-state index in [-0.39, 0.29) is 6.03 Å². The van der Waals surface area contributed by atoms with Crippen LogP contribution in [0.3, 0.4) is 0 Å². The van der Waals surface area contributed by atoms with Crippen molar-refractivity contribution in [3.63, 3.8) is 0 Å². The summed E-state index contributed by atoms with van der Waals surface area (Å²) in [6, 6.07) is 21.1. The second-order valence-corrected chi connectivity index (χ2v) is 9.49. The zero-order chi connectivity index (χ0) is 22.8. The van der Waals surface area contributed by atoms with Crippen molar-refractivity contribution in [3.8, 4) is 21.1 Å². The van der Waals surface area contributed by atoms with Gasteiger partial charge in [0, 0.05) is 31.2 Å². The van der Waals surface area contributed by atoms with E-state index in [1.54, 1.807) is 22.7 Å². The molecule has 8 heteroatoms. The summed E-state index contributed by atoms with van der Waals surface area (Å²) in [4.78, 5) is 26.5. The maximum absolute atomic E-state index is 12.5. The number of amides is 2. The molecular weight excluding hydrogens is 450 g/mol. The molecule has 0 radical (unpaired) electrons. The number of carbonyl (C=O) groups excluding carboxylic acids is 1. The van der Waals surface area contributed by atoms with Crippen LogP contribution in [-0.2, 0) is 0 Å². The van der Waals surface area contributed by atoms with Crippen molar-refractivity contribution < 1.29 is 4.79 Å². The number of thiophene rings is 2. The number of nitrogens with zero attached hydrogens (tertiary/aromatic N) is 3. The molecule has 0 spiro atoms.